The van der Waals surface area contributed by atoms with Crippen LogP contribution in [0, 0.1) is 0 Å². The second kappa shape index (κ2) is 10.6. The quantitative estimate of drug-likeness (QED) is 0.415. The third-order valence-corrected chi connectivity index (χ3v) is 6.74. The summed E-state index contributed by atoms with van der Waals surface area (Å²) in [6.45, 7) is 2.95. The summed E-state index contributed by atoms with van der Waals surface area (Å²) >= 11 is 0. The summed E-state index contributed by atoms with van der Waals surface area (Å²) in [7, 11) is -2.21. The molecule has 9 nitrogen and oxygen atoms in total. The van der Waals surface area contributed by atoms with Crippen LogP contribution in [-0.2, 0) is 21.4 Å². The largest absolute Gasteiger partial charge is 0.497 e. The summed E-state index contributed by atoms with van der Waals surface area (Å²) in [5, 5.41) is 6.00. The van der Waals surface area contributed by atoms with E-state index in [-0.39, 0.29) is 10.8 Å². The van der Waals surface area contributed by atoms with Crippen LogP contribution in [0.3, 0.4) is 0 Å². The highest BCUT2D eigenvalue weighted by Crippen LogP contribution is 2.32. The molecule has 1 atom stereocenters. The number of amides is 1. The maximum absolute atomic E-state index is 12.8. The van der Waals surface area contributed by atoms with Crippen molar-refractivity contribution in [2.45, 2.75) is 24.4 Å². The first-order valence-electron chi connectivity index (χ1n) is 11.0. The summed E-state index contributed by atoms with van der Waals surface area (Å²) in [5.41, 5.74) is 2.03. The number of sulfonamides is 1. The predicted molar refractivity (Wildman–Crippen MR) is 133 cm³/mol. The summed E-state index contributed by atoms with van der Waals surface area (Å²) in [6.07, 6.45) is 0. The van der Waals surface area contributed by atoms with Gasteiger partial charge in [0.1, 0.15) is 25.0 Å². The van der Waals surface area contributed by atoms with E-state index in [2.05, 4.69) is 15.4 Å². The number of anilines is 2. The molecule has 3 aromatic rings. The number of nitrogens with one attached hydrogen (secondary N) is 3. The standard InChI is InChI=1S/C25H27N3O6S/c1-17(25(29)26-16-18-3-9-21(32-2)10-4-18)27-19-5-7-20(8-6-19)28-35(30,31)22-11-12-23-24(15-22)34-14-13-33-23/h3-12,15,17,27-28H,13-14,16H2,1-2H3,(H,26,29)/t17-/m1/s1. The minimum atomic E-state index is -3.81. The van der Waals surface area contributed by atoms with Gasteiger partial charge in [-0.25, -0.2) is 8.42 Å². The number of carbonyl (C=O) groups is 1. The lowest BCUT2D eigenvalue weighted by atomic mass is 10.2. The average Bonchev–Trinajstić information content (AvgIpc) is 2.88. The van der Waals surface area contributed by atoms with Gasteiger partial charge in [-0.05, 0) is 61.0 Å². The van der Waals surface area contributed by atoms with Gasteiger partial charge in [0.2, 0.25) is 5.91 Å². The molecule has 1 heterocycles. The first-order chi connectivity index (χ1) is 16.8. The Morgan fingerprint density at radius 2 is 1.60 bits per heavy atom. The Kier molecular flexibility index (Phi) is 7.31. The number of hydrogen-bond acceptors (Lipinski definition) is 7. The van der Waals surface area contributed by atoms with Crippen LogP contribution in [0.25, 0.3) is 0 Å². The molecule has 35 heavy (non-hydrogen) atoms. The number of methoxy groups -OCH3 is 1. The Balaban J connectivity index is 1.32. The molecule has 1 aliphatic heterocycles. The maximum atomic E-state index is 12.8. The fourth-order valence-corrected chi connectivity index (χ4v) is 4.51. The van der Waals surface area contributed by atoms with Crippen molar-refractivity contribution in [2.24, 2.45) is 0 Å². The Morgan fingerprint density at radius 3 is 2.29 bits per heavy atom. The van der Waals surface area contributed by atoms with Crippen molar-refractivity contribution in [2.75, 3.05) is 30.4 Å². The van der Waals surface area contributed by atoms with E-state index in [0.717, 1.165) is 11.3 Å². The zero-order valence-corrected chi connectivity index (χ0v) is 20.2. The second-order valence-corrected chi connectivity index (χ2v) is 9.60. The van der Waals surface area contributed by atoms with E-state index in [0.29, 0.717) is 42.6 Å². The van der Waals surface area contributed by atoms with Crippen LogP contribution in [0.5, 0.6) is 17.2 Å². The maximum Gasteiger partial charge on any atom is 0.262 e. The van der Waals surface area contributed by atoms with E-state index in [1.807, 2.05) is 24.3 Å². The zero-order chi connectivity index (χ0) is 24.8. The number of fused-ring (bicyclic) bond motifs is 1. The van der Waals surface area contributed by atoms with Crippen LogP contribution in [0.2, 0.25) is 0 Å². The zero-order valence-electron chi connectivity index (χ0n) is 19.4. The Morgan fingerprint density at radius 1 is 0.943 bits per heavy atom. The van der Waals surface area contributed by atoms with Crippen LogP contribution in [0.15, 0.2) is 71.6 Å². The van der Waals surface area contributed by atoms with Crippen molar-refractivity contribution in [3.8, 4) is 17.2 Å². The van der Waals surface area contributed by atoms with Crippen LogP contribution in [0.4, 0.5) is 11.4 Å². The monoisotopic (exact) mass is 497 g/mol. The Labute approximate surface area is 204 Å². The molecule has 0 aliphatic carbocycles. The SMILES string of the molecule is COc1ccc(CNC(=O)[C@@H](C)Nc2ccc(NS(=O)(=O)c3ccc4c(c3)OCCO4)cc2)cc1. The highest BCUT2D eigenvalue weighted by molar-refractivity contribution is 7.92. The molecule has 0 fully saturated rings. The molecule has 0 saturated heterocycles. The fourth-order valence-electron chi connectivity index (χ4n) is 3.44. The van der Waals surface area contributed by atoms with E-state index < -0.39 is 16.1 Å². The van der Waals surface area contributed by atoms with Crippen molar-refractivity contribution < 1.29 is 27.4 Å². The van der Waals surface area contributed by atoms with Crippen molar-refractivity contribution >= 4 is 27.3 Å². The highest BCUT2D eigenvalue weighted by atomic mass is 32.2. The minimum absolute atomic E-state index is 0.0751. The topological polar surface area (TPSA) is 115 Å². The third-order valence-electron chi connectivity index (χ3n) is 5.36. The van der Waals surface area contributed by atoms with Gasteiger partial charge in [0, 0.05) is 24.0 Å². The van der Waals surface area contributed by atoms with E-state index in [4.69, 9.17) is 14.2 Å². The van der Waals surface area contributed by atoms with Gasteiger partial charge >= 0.3 is 0 Å². The molecule has 3 N–H and O–H groups in total. The van der Waals surface area contributed by atoms with Gasteiger partial charge in [0.05, 0.1) is 12.0 Å². The van der Waals surface area contributed by atoms with E-state index in [9.17, 15) is 13.2 Å². The lowest BCUT2D eigenvalue weighted by molar-refractivity contribution is -0.121. The van der Waals surface area contributed by atoms with Gasteiger partial charge in [0.15, 0.2) is 11.5 Å². The first kappa shape index (κ1) is 24.2. The number of ether oxygens (including phenoxy) is 3. The van der Waals surface area contributed by atoms with Gasteiger partial charge in [-0.1, -0.05) is 12.1 Å². The molecule has 184 valence electrons. The molecule has 10 heteroatoms. The molecule has 0 saturated carbocycles. The number of carbonyl (C=O) groups excluding carboxylic acids is 1. The van der Waals surface area contributed by atoms with Crippen LogP contribution in [0.1, 0.15) is 12.5 Å². The smallest absolute Gasteiger partial charge is 0.262 e. The summed E-state index contributed by atoms with van der Waals surface area (Å²) in [5.74, 6) is 1.52. The van der Waals surface area contributed by atoms with E-state index >= 15 is 0 Å². The summed E-state index contributed by atoms with van der Waals surface area (Å²) in [4.78, 5) is 12.5. The molecule has 1 amide bonds. The van der Waals surface area contributed by atoms with Gasteiger partial charge in [0.25, 0.3) is 10.0 Å². The molecular weight excluding hydrogens is 470 g/mol. The van der Waals surface area contributed by atoms with Crippen molar-refractivity contribution in [3.63, 3.8) is 0 Å². The number of rotatable bonds is 9. The van der Waals surface area contributed by atoms with Crippen molar-refractivity contribution in [1.29, 1.82) is 0 Å². The lowest BCUT2D eigenvalue weighted by Gasteiger charge is -2.19. The lowest BCUT2D eigenvalue weighted by Crippen LogP contribution is -2.37. The van der Waals surface area contributed by atoms with E-state index in [1.54, 1.807) is 44.4 Å². The molecule has 0 bridgehead atoms. The Hall–Kier alpha value is -3.92. The first-order valence-corrected chi connectivity index (χ1v) is 12.5. The van der Waals surface area contributed by atoms with Crippen LogP contribution >= 0.6 is 0 Å². The molecule has 1 aliphatic rings. The van der Waals surface area contributed by atoms with Gasteiger partial charge in [-0.3, -0.25) is 9.52 Å². The van der Waals surface area contributed by atoms with Gasteiger partial charge < -0.3 is 24.8 Å². The molecule has 0 aromatic heterocycles. The average molecular weight is 498 g/mol. The summed E-state index contributed by atoms with van der Waals surface area (Å²) in [6, 6.07) is 18.1. The van der Waals surface area contributed by atoms with Gasteiger partial charge in [-0.2, -0.15) is 0 Å². The third kappa shape index (κ3) is 6.15. The van der Waals surface area contributed by atoms with E-state index in [1.165, 1.54) is 12.1 Å². The number of hydrogen-bond donors (Lipinski definition) is 3. The predicted octanol–water partition coefficient (Wildman–Crippen LogP) is 3.38. The van der Waals surface area contributed by atoms with Crippen molar-refractivity contribution in [1.82, 2.24) is 5.32 Å². The Bertz CT molecular complexity index is 1280. The molecule has 4 rings (SSSR count). The summed E-state index contributed by atoms with van der Waals surface area (Å²) < 4.78 is 44.2. The van der Waals surface area contributed by atoms with Crippen LogP contribution < -0.4 is 29.6 Å². The number of benzene rings is 3. The second-order valence-electron chi connectivity index (χ2n) is 7.92. The van der Waals surface area contributed by atoms with Crippen LogP contribution in [-0.4, -0.2) is 40.7 Å². The fraction of sp³-hybridized carbons (Fsp3) is 0.240. The normalized spacial score (nSPS) is 13.4. The van der Waals surface area contributed by atoms with Crippen molar-refractivity contribution in [3.05, 3.63) is 72.3 Å². The molecule has 0 spiro atoms. The molecule has 3 aromatic carbocycles. The highest BCUT2D eigenvalue weighted by Gasteiger charge is 2.20. The molecule has 0 unspecified atom stereocenters. The molecule has 0 radical (unpaired) electrons. The molecular formula is C25H27N3O6S. The van der Waals surface area contributed by atoms with Gasteiger partial charge in [-0.15, -0.1) is 0 Å². The minimum Gasteiger partial charge on any atom is -0.497 e.